The standard InChI is InChI=1S/C17H22ClN5O/c1-11-8-14(15(24-2)9-13(11)18)21-17-22-16(10-19-23-17)20-12-6-4-3-5-7-12/h8-10,12H,3-7H2,1-2H3,(H2,20,21,22,23). The molecular weight excluding hydrogens is 326 g/mol. The van der Waals surface area contributed by atoms with Crippen LogP contribution in [0, 0.1) is 6.92 Å². The Morgan fingerprint density at radius 1 is 1.21 bits per heavy atom. The summed E-state index contributed by atoms with van der Waals surface area (Å²) in [6, 6.07) is 4.15. The number of aryl methyl sites for hydroxylation is 1. The van der Waals surface area contributed by atoms with Gasteiger partial charge in [-0.1, -0.05) is 30.9 Å². The highest BCUT2D eigenvalue weighted by molar-refractivity contribution is 6.31. The first-order chi connectivity index (χ1) is 11.7. The third-order valence-electron chi connectivity index (χ3n) is 4.24. The molecule has 1 aliphatic rings. The van der Waals surface area contributed by atoms with Crippen molar-refractivity contribution in [1.82, 2.24) is 15.2 Å². The van der Waals surface area contributed by atoms with Gasteiger partial charge in [-0.05, 0) is 31.4 Å². The highest BCUT2D eigenvalue weighted by Gasteiger charge is 2.14. The normalized spacial score (nSPS) is 15.1. The number of nitrogens with one attached hydrogen (secondary N) is 2. The monoisotopic (exact) mass is 347 g/mol. The average Bonchev–Trinajstić information content (AvgIpc) is 2.59. The molecule has 1 aromatic heterocycles. The van der Waals surface area contributed by atoms with E-state index in [1.54, 1.807) is 19.4 Å². The van der Waals surface area contributed by atoms with Crippen molar-refractivity contribution in [2.45, 2.75) is 45.1 Å². The fourth-order valence-corrected chi connectivity index (χ4v) is 3.09. The summed E-state index contributed by atoms with van der Waals surface area (Å²) in [4.78, 5) is 4.51. The zero-order valence-electron chi connectivity index (χ0n) is 14.0. The fraction of sp³-hybridized carbons (Fsp3) is 0.471. The number of ether oxygens (including phenoxy) is 1. The van der Waals surface area contributed by atoms with Gasteiger partial charge in [-0.25, -0.2) is 0 Å². The van der Waals surface area contributed by atoms with Gasteiger partial charge in [0.05, 0.1) is 19.0 Å². The molecule has 128 valence electrons. The first-order valence-corrected chi connectivity index (χ1v) is 8.61. The van der Waals surface area contributed by atoms with Gasteiger partial charge in [0.25, 0.3) is 0 Å². The molecule has 3 rings (SSSR count). The molecule has 6 nitrogen and oxygen atoms in total. The van der Waals surface area contributed by atoms with Crippen LogP contribution >= 0.6 is 11.6 Å². The summed E-state index contributed by atoms with van der Waals surface area (Å²) in [7, 11) is 1.60. The molecule has 0 radical (unpaired) electrons. The molecule has 1 aliphatic carbocycles. The van der Waals surface area contributed by atoms with Crippen molar-refractivity contribution in [1.29, 1.82) is 0 Å². The SMILES string of the molecule is COc1cc(Cl)c(C)cc1Nc1nncc(NC2CCCCC2)n1. The number of rotatable bonds is 5. The molecule has 0 saturated heterocycles. The molecule has 0 unspecified atom stereocenters. The number of hydrogen-bond acceptors (Lipinski definition) is 6. The van der Waals surface area contributed by atoms with Crippen molar-refractivity contribution in [2.24, 2.45) is 0 Å². The molecule has 0 amide bonds. The summed E-state index contributed by atoms with van der Waals surface area (Å²) in [6.07, 6.45) is 7.87. The third-order valence-corrected chi connectivity index (χ3v) is 4.65. The number of hydrogen-bond donors (Lipinski definition) is 2. The summed E-state index contributed by atoms with van der Waals surface area (Å²) < 4.78 is 5.37. The molecule has 0 spiro atoms. The van der Waals surface area contributed by atoms with E-state index in [9.17, 15) is 0 Å². The Balaban J connectivity index is 1.76. The lowest BCUT2D eigenvalue weighted by Crippen LogP contribution is -2.23. The zero-order valence-corrected chi connectivity index (χ0v) is 14.7. The van der Waals surface area contributed by atoms with Crippen LogP contribution in [0.15, 0.2) is 18.3 Å². The second-order valence-corrected chi connectivity index (χ2v) is 6.48. The van der Waals surface area contributed by atoms with Gasteiger partial charge in [0.15, 0.2) is 5.82 Å². The van der Waals surface area contributed by atoms with Crippen molar-refractivity contribution in [3.63, 3.8) is 0 Å². The lowest BCUT2D eigenvalue weighted by atomic mass is 9.96. The Bertz CT molecular complexity index is 703. The number of aromatic nitrogens is 3. The molecule has 1 aromatic carbocycles. The number of anilines is 3. The van der Waals surface area contributed by atoms with Crippen LogP contribution in [0.3, 0.4) is 0 Å². The Labute approximate surface area is 147 Å². The van der Waals surface area contributed by atoms with Gasteiger partial charge in [0, 0.05) is 17.1 Å². The van der Waals surface area contributed by atoms with Crippen LogP contribution in [0.4, 0.5) is 17.5 Å². The lowest BCUT2D eigenvalue weighted by molar-refractivity contribution is 0.416. The second-order valence-electron chi connectivity index (χ2n) is 6.07. The molecular formula is C17H22ClN5O. The van der Waals surface area contributed by atoms with Gasteiger partial charge in [0.2, 0.25) is 5.95 Å². The van der Waals surface area contributed by atoms with Crippen LogP contribution in [0.5, 0.6) is 5.75 Å². The Kier molecular flexibility index (Phi) is 5.35. The number of benzene rings is 1. The van der Waals surface area contributed by atoms with E-state index in [2.05, 4.69) is 25.8 Å². The van der Waals surface area contributed by atoms with Gasteiger partial charge in [-0.2, -0.15) is 10.1 Å². The summed E-state index contributed by atoms with van der Waals surface area (Å²) in [6.45, 7) is 1.94. The van der Waals surface area contributed by atoms with E-state index in [4.69, 9.17) is 16.3 Å². The maximum Gasteiger partial charge on any atom is 0.249 e. The maximum absolute atomic E-state index is 6.14. The van der Waals surface area contributed by atoms with Gasteiger partial charge >= 0.3 is 0 Å². The minimum absolute atomic E-state index is 0.427. The van der Waals surface area contributed by atoms with E-state index in [0.717, 1.165) is 17.1 Å². The Morgan fingerprint density at radius 2 is 2.00 bits per heavy atom. The highest BCUT2D eigenvalue weighted by atomic mass is 35.5. The largest absolute Gasteiger partial charge is 0.495 e. The van der Waals surface area contributed by atoms with Crippen molar-refractivity contribution in [2.75, 3.05) is 17.7 Å². The molecule has 1 saturated carbocycles. The van der Waals surface area contributed by atoms with Crippen LogP contribution in [-0.4, -0.2) is 28.3 Å². The molecule has 0 atom stereocenters. The number of nitrogens with zero attached hydrogens (tertiary/aromatic N) is 3. The van der Waals surface area contributed by atoms with Crippen LogP contribution in [-0.2, 0) is 0 Å². The van der Waals surface area contributed by atoms with Crippen molar-refractivity contribution in [3.05, 3.63) is 28.9 Å². The number of halogens is 1. The Morgan fingerprint density at radius 3 is 2.75 bits per heavy atom. The van der Waals surface area contributed by atoms with Gasteiger partial charge in [0.1, 0.15) is 5.75 Å². The zero-order chi connectivity index (χ0) is 16.9. The van der Waals surface area contributed by atoms with Crippen molar-refractivity contribution in [3.8, 4) is 5.75 Å². The topological polar surface area (TPSA) is 72.0 Å². The lowest BCUT2D eigenvalue weighted by Gasteiger charge is -2.23. The molecule has 1 heterocycles. The van der Waals surface area contributed by atoms with Crippen LogP contribution in [0.25, 0.3) is 0 Å². The molecule has 0 bridgehead atoms. The van der Waals surface area contributed by atoms with E-state index in [-0.39, 0.29) is 0 Å². The average molecular weight is 348 g/mol. The van der Waals surface area contributed by atoms with Crippen molar-refractivity contribution < 1.29 is 4.74 Å². The van der Waals surface area contributed by atoms with E-state index < -0.39 is 0 Å². The van der Waals surface area contributed by atoms with Gasteiger partial charge in [-0.15, -0.1) is 5.10 Å². The predicted molar refractivity (Wildman–Crippen MR) is 96.3 cm³/mol. The molecule has 2 aromatic rings. The number of methoxy groups -OCH3 is 1. The highest BCUT2D eigenvalue weighted by Crippen LogP contribution is 2.32. The fourth-order valence-electron chi connectivity index (χ4n) is 2.93. The molecule has 2 N–H and O–H groups in total. The molecule has 7 heteroatoms. The summed E-state index contributed by atoms with van der Waals surface area (Å²) in [5, 5.41) is 15.4. The molecule has 1 fully saturated rings. The summed E-state index contributed by atoms with van der Waals surface area (Å²) in [5.41, 5.74) is 1.71. The van der Waals surface area contributed by atoms with E-state index in [0.29, 0.717) is 22.8 Å². The smallest absolute Gasteiger partial charge is 0.249 e. The first kappa shape index (κ1) is 16.8. The van der Waals surface area contributed by atoms with Crippen LogP contribution in [0.2, 0.25) is 5.02 Å². The molecule has 0 aliphatic heterocycles. The minimum Gasteiger partial charge on any atom is -0.495 e. The molecule has 24 heavy (non-hydrogen) atoms. The Hall–Kier alpha value is -2.08. The predicted octanol–water partition coefficient (Wildman–Crippen LogP) is 4.33. The van der Waals surface area contributed by atoms with E-state index >= 15 is 0 Å². The van der Waals surface area contributed by atoms with E-state index in [1.807, 2.05) is 13.0 Å². The minimum atomic E-state index is 0.427. The van der Waals surface area contributed by atoms with Gasteiger partial charge < -0.3 is 15.4 Å². The van der Waals surface area contributed by atoms with Crippen LogP contribution in [0.1, 0.15) is 37.7 Å². The van der Waals surface area contributed by atoms with Crippen molar-refractivity contribution >= 4 is 29.1 Å². The first-order valence-electron chi connectivity index (χ1n) is 8.23. The summed E-state index contributed by atoms with van der Waals surface area (Å²) >= 11 is 6.14. The second kappa shape index (κ2) is 7.66. The summed E-state index contributed by atoms with van der Waals surface area (Å²) in [5.74, 6) is 1.81. The van der Waals surface area contributed by atoms with E-state index in [1.165, 1.54) is 32.1 Å². The van der Waals surface area contributed by atoms with Gasteiger partial charge in [-0.3, -0.25) is 0 Å². The quantitative estimate of drug-likeness (QED) is 0.838. The van der Waals surface area contributed by atoms with Crippen LogP contribution < -0.4 is 15.4 Å². The third kappa shape index (κ3) is 4.06. The maximum atomic E-state index is 6.14.